The molecule has 0 radical (unpaired) electrons. The van der Waals surface area contributed by atoms with Gasteiger partial charge < -0.3 is 10.2 Å². The van der Waals surface area contributed by atoms with Crippen molar-refractivity contribution in [1.29, 1.82) is 0 Å². The van der Waals surface area contributed by atoms with E-state index >= 15 is 0 Å². The highest BCUT2D eigenvalue weighted by atomic mass is 15.1. The molecule has 0 aromatic rings. The highest BCUT2D eigenvalue weighted by Gasteiger charge is 2.08. The third kappa shape index (κ3) is 7.03. The lowest BCUT2D eigenvalue weighted by Gasteiger charge is -2.25. The van der Waals surface area contributed by atoms with Crippen molar-refractivity contribution in [2.75, 3.05) is 26.7 Å². The fourth-order valence-corrected chi connectivity index (χ4v) is 1.70. The molecule has 1 unspecified atom stereocenters. The van der Waals surface area contributed by atoms with Crippen LogP contribution in [-0.2, 0) is 0 Å². The molecule has 80 valence electrons. The Morgan fingerprint density at radius 3 is 2.15 bits per heavy atom. The minimum atomic E-state index is 0.661. The average molecular weight is 186 g/mol. The van der Waals surface area contributed by atoms with Gasteiger partial charge in [-0.1, -0.05) is 27.7 Å². The van der Waals surface area contributed by atoms with Gasteiger partial charge in [0.05, 0.1) is 0 Å². The summed E-state index contributed by atoms with van der Waals surface area (Å²) < 4.78 is 0. The molecule has 2 heteroatoms. The maximum Gasteiger partial charge on any atom is 0.0192 e. The second-order valence-electron chi connectivity index (χ2n) is 4.28. The van der Waals surface area contributed by atoms with Gasteiger partial charge >= 0.3 is 0 Å². The first-order valence-electron chi connectivity index (χ1n) is 5.52. The topological polar surface area (TPSA) is 15.3 Å². The van der Waals surface area contributed by atoms with Crippen molar-refractivity contribution in [3.63, 3.8) is 0 Å². The van der Waals surface area contributed by atoms with Crippen LogP contribution in [0.2, 0.25) is 0 Å². The van der Waals surface area contributed by atoms with Crippen molar-refractivity contribution in [3.05, 3.63) is 0 Å². The second kappa shape index (κ2) is 7.34. The van der Waals surface area contributed by atoms with Crippen molar-refractivity contribution in [2.45, 2.75) is 40.2 Å². The minimum Gasteiger partial charge on any atom is -0.313 e. The van der Waals surface area contributed by atoms with Gasteiger partial charge in [0, 0.05) is 19.1 Å². The predicted molar refractivity (Wildman–Crippen MR) is 60.1 cm³/mol. The van der Waals surface area contributed by atoms with E-state index < -0.39 is 0 Å². The highest BCUT2D eigenvalue weighted by molar-refractivity contribution is 4.68. The van der Waals surface area contributed by atoms with Crippen LogP contribution in [0.25, 0.3) is 0 Å². The van der Waals surface area contributed by atoms with Gasteiger partial charge in [-0.05, 0) is 25.9 Å². The molecule has 0 bridgehead atoms. The number of hydrogen-bond acceptors (Lipinski definition) is 2. The molecule has 13 heavy (non-hydrogen) atoms. The van der Waals surface area contributed by atoms with Crippen LogP contribution in [0.1, 0.15) is 34.1 Å². The van der Waals surface area contributed by atoms with Crippen LogP contribution < -0.4 is 5.32 Å². The maximum absolute atomic E-state index is 3.49. The molecular weight excluding hydrogens is 160 g/mol. The Hall–Kier alpha value is -0.0800. The van der Waals surface area contributed by atoms with Crippen molar-refractivity contribution < 1.29 is 0 Å². The zero-order valence-electron chi connectivity index (χ0n) is 9.93. The molecule has 0 rings (SSSR count). The van der Waals surface area contributed by atoms with Gasteiger partial charge in [-0.3, -0.25) is 0 Å². The summed E-state index contributed by atoms with van der Waals surface area (Å²) >= 11 is 0. The Morgan fingerprint density at radius 1 is 1.15 bits per heavy atom. The van der Waals surface area contributed by atoms with E-state index in [1.807, 2.05) is 0 Å². The third-order valence-electron chi connectivity index (χ3n) is 2.19. The van der Waals surface area contributed by atoms with Crippen LogP contribution in [0.5, 0.6) is 0 Å². The molecule has 1 atom stereocenters. The molecule has 0 aromatic heterocycles. The number of rotatable bonds is 7. The lowest BCUT2D eigenvalue weighted by atomic mass is 10.1. The lowest BCUT2D eigenvalue weighted by Crippen LogP contribution is -2.40. The fourth-order valence-electron chi connectivity index (χ4n) is 1.70. The zero-order valence-corrected chi connectivity index (χ0v) is 9.93. The number of hydrogen-bond donors (Lipinski definition) is 1. The Bertz CT molecular complexity index is 113. The quantitative estimate of drug-likeness (QED) is 0.654. The molecule has 0 aromatic carbocycles. The first kappa shape index (κ1) is 12.9. The summed E-state index contributed by atoms with van der Waals surface area (Å²) in [6, 6.07) is 0.661. The summed E-state index contributed by atoms with van der Waals surface area (Å²) in [5, 5.41) is 3.49. The third-order valence-corrected chi connectivity index (χ3v) is 2.19. The Kier molecular flexibility index (Phi) is 7.29. The van der Waals surface area contributed by atoms with Crippen LogP contribution in [0, 0.1) is 5.92 Å². The van der Waals surface area contributed by atoms with E-state index in [0.29, 0.717) is 6.04 Å². The van der Waals surface area contributed by atoms with E-state index in [-0.39, 0.29) is 0 Å². The summed E-state index contributed by atoms with van der Waals surface area (Å²) in [5.41, 5.74) is 0. The molecule has 0 aliphatic heterocycles. The summed E-state index contributed by atoms with van der Waals surface area (Å²) in [6.45, 7) is 12.4. The van der Waals surface area contributed by atoms with Crippen LogP contribution in [0.3, 0.4) is 0 Å². The fraction of sp³-hybridized carbons (Fsp3) is 1.00. The number of nitrogens with zero attached hydrogens (tertiary/aromatic N) is 1. The van der Waals surface area contributed by atoms with Gasteiger partial charge in [0.2, 0.25) is 0 Å². The second-order valence-corrected chi connectivity index (χ2v) is 4.28. The van der Waals surface area contributed by atoms with Gasteiger partial charge in [0.25, 0.3) is 0 Å². The van der Waals surface area contributed by atoms with Gasteiger partial charge in [-0.2, -0.15) is 0 Å². The van der Waals surface area contributed by atoms with E-state index in [9.17, 15) is 0 Å². The molecule has 1 N–H and O–H groups in total. The minimum absolute atomic E-state index is 0.661. The zero-order chi connectivity index (χ0) is 10.3. The maximum atomic E-state index is 3.49. The SMILES string of the molecule is CCNC(CC)CN(C)CC(C)C. The van der Waals surface area contributed by atoms with Gasteiger partial charge in [0.1, 0.15) is 0 Å². The van der Waals surface area contributed by atoms with Crippen molar-refractivity contribution in [2.24, 2.45) is 5.92 Å². The van der Waals surface area contributed by atoms with Crippen LogP contribution in [0.4, 0.5) is 0 Å². The standard InChI is InChI=1S/C11H26N2/c1-6-11(12-7-2)9-13(5)8-10(3)4/h10-12H,6-9H2,1-5H3. The van der Waals surface area contributed by atoms with E-state index in [4.69, 9.17) is 0 Å². The lowest BCUT2D eigenvalue weighted by molar-refractivity contribution is 0.259. The van der Waals surface area contributed by atoms with Crippen LogP contribution >= 0.6 is 0 Å². The van der Waals surface area contributed by atoms with E-state index in [0.717, 1.165) is 12.5 Å². The first-order valence-corrected chi connectivity index (χ1v) is 5.52. The van der Waals surface area contributed by atoms with E-state index in [1.165, 1.54) is 19.5 Å². The van der Waals surface area contributed by atoms with Crippen molar-refractivity contribution >= 4 is 0 Å². The van der Waals surface area contributed by atoms with Gasteiger partial charge in [-0.15, -0.1) is 0 Å². The normalized spacial score (nSPS) is 14.1. The molecule has 0 aliphatic rings. The van der Waals surface area contributed by atoms with Crippen LogP contribution in [-0.4, -0.2) is 37.6 Å². The van der Waals surface area contributed by atoms with Gasteiger partial charge in [0.15, 0.2) is 0 Å². The Labute approximate surface area is 83.7 Å². The number of likely N-dealkylation sites (N-methyl/N-ethyl adjacent to an activating group) is 2. The van der Waals surface area contributed by atoms with Crippen LogP contribution in [0.15, 0.2) is 0 Å². The summed E-state index contributed by atoms with van der Waals surface area (Å²) in [4.78, 5) is 2.42. The molecule has 2 nitrogen and oxygen atoms in total. The number of nitrogens with one attached hydrogen (secondary N) is 1. The average Bonchev–Trinajstić information content (AvgIpc) is 2.02. The van der Waals surface area contributed by atoms with Crippen molar-refractivity contribution in [3.8, 4) is 0 Å². The molecular formula is C11H26N2. The molecule has 0 fully saturated rings. The monoisotopic (exact) mass is 186 g/mol. The first-order chi connectivity index (χ1) is 6.10. The largest absolute Gasteiger partial charge is 0.313 e. The molecule has 0 saturated carbocycles. The summed E-state index contributed by atoms with van der Waals surface area (Å²) in [7, 11) is 2.21. The molecule has 0 saturated heterocycles. The summed E-state index contributed by atoms with van der Waals surface area (Å²) in [6.07, 6.45) is 1.22. The molecule has 0 aliphatic carbocycles. The predicted octanol–water partition coefficient (Wildman–Crippen LogP) is 1.96. The van der Waals surface area contributed by atoms with Crippen molar-refractivity contribution in [1.82, 2.24) is 10.2 Å². The molecule has 0 heterocycles. The Balaban J connectivity index is 3.65. The smallest absolute Gasteiger partial charge is 0.0192 e. The molecule has 0 spiro atoms. The summed E-state index contributed by atoms with van der Waals surface area (Å²) in [5.74, 6) is 0.768. The highest BCUT2D eigenvalue weighted by Crippen LogP contribution is 1.99. The van der Waals surface area contributed by atoms with E-state index in [2.05, 4.69) is 45.0 Å². The Morgan fingerprint density at radius 2 is 1.77 bits per heavy atom. The van der Waals surface area contributed by atoms with Gasteiger partial charge in [-0.25, -0.2) is 0 Å². The molecule has 0 amide bonds. The van der Waals surface area contributed by atoms with E-state index in [1.54, 1.807) is 0 Å².